The van der Waals surface area contributed by atoms with Gasteiger partial charge in [0.15, 0.2) is 5.82 Å². The Morgan fingerprint density at radius 3 is 2.61 bits per heavy atom. The molecule has 0 amide bonds. The average Bonchev–Trinajstić information content (AvgIpc) is 3.15. The third-order valence-electron chi connectivity index (χ3n) is 4.30. The number of nitrogens with zero attached hydrogens (tertiary/aromatic N) is 3. The molecule has 0 radical (unpaired) electrons. The molecule has 0 saturated heterocycles. The summed E-state index contributed by atoms with van der Waals surface area (Å²) >= 11 is 6.05. The first-order valence-corrected chi connectivity index (χ1v) is 8.53. The molecule has 2 aromatic heterocycles. The fraction of sp³-hybridized carbons (Fsp3) is 0.167. The lowest BCUT2D eigenvalue weighted by atomic mass is 10.2. The Morgan fingerprint density at radius 2 is 1.93 bits per heavy atom. The lowest BCUT2D eigenvalue weighted by Gasteiger charge is -2.19. The van der Waals surface area contributed by atoms with Gasteiger partial charge in [0.2, 0.25) is 5.95 Å². The number of aromatic amines is 1. The maximum absolute atomic E-state index is 14.6. The Kier molecular flexibility index (Phi) is 4.15. The summed E-state index contributed by atoms with van der Waals surface area (Å²) in [5.74, 6) is -0.847. The van der Waals surface area contributed by atoms with E-state index >= 15 is 0 Å². The molecule has 5 nitrogen and oxygen atoms in total. The van der Waals surface area contributed by atoms with Crippen molar-refractivity contribution in [2.75, 3.05) is 24.4 Å². The van der Waals surface area contributed by atoms with Gasteiger partial charge in [-0.2, -0.15) is 13.2 Å². The van der Waals surface area contributed by atoms with Crippen molar-refractivity contribution in [3.8, 4) is 0 Å². The molecule has 10 heteroatoms. The molecule has 0 fully saturated rings. The smallest absolute Gasteiger partial charge is 0.359 e. The van der Waals surface area contributed by atoms with Gasteiger partial charge >= 0.3 is 6.18 Å². The molecule has 146 valence electrons. The van der Waals surface area contributed by atoms with E-state index in [0.717, 1.165) is 17.0 Å². The van der Waals surface area contributed by atoms with Gasteiger partial charge in [-0.05, 0) is 30.3 Å². The highest BCUT2D eigenvalue weighted by molar-refractivity contribution is 6.31. The van der Waals surface area contributed by atoms with Gasteiger partial charge < -0.3 is 15.3 Å². The van der Waals surface area contributed by atoms with Crippen LogP contribution in [0.5, 0.6) is 0 Å². The molecule has 0 aliphatic carbocycles. The summed E-state index contributed by atoms with van der Waals surface area (Å²) in [6.45, 7) is 0. The zero-order chi connectivity index (χ0) is 20.2. The van der Waals surface area contributed by atoms with Gasteiger partial charge in [0.1, 0.15) is 5.52 Å². The van der Waals surface area contributed by atoms with Crippen LogP contribution < -0.4 is 10.3 Å². The molecule has 2 aromatic carbocycles. The van der Waals surface area contributed by atoms with Crippen LogP contribution in [0.15, 0.2) is 36.5 Å². The molecule has 0 atom stereocenters. The van der Waals surface area contributed by atoms with Crippen LogP contribution in [0, 0.1) is 5.82 Å². The minimum absolute atomic E-state index is 0.0571. The standard InChI is InChI=1S/C18H14ClF4N5/c1-27(2)28-16-12(20)5-9(18(21,22)23)6-14(16)25-17(28)26-15-8-24-13-4-3-10(19)7-11(13)15/h3-8,24H,1-2H3,(H,25,26). The van der Waals surface area contributed by atoms with Crippen LogP contribution in [0.25, 0.3) is 21.9 Å². The summed E-state index contributed by atoms with van der Waals surface area (Å²) in [5, 5.41) is 5.87. The van der Waals surface area contributed by atoms with E-state index in [1.54, 1.807) is 38.5 Å². The summed E-state index contributed by atoms with van der Waals surface area (Å²) in [6, 6.07) is 6.57. The summed E-state index contributed by atoms with van der Waals surface area (Å²) < 4.78 is 55.0. The van der Waals surface area contributed by atoms with E-state index in [1.807, 2.05) is 0 Å². The number of halogens is 5. The lowest BCUT2D eigenvalue weighted by Crippen LogP contribution is -2.26. The lowest BCUT2D eigenvalue weighted by molar-refractivity contribution is -0.137. The Balaban J connectivity index is 1.89. The van der Waals surface area contributed by atoms with E-state index in [0.29, 0.717) is 16.8 Å². The normalized spacial score (nSPS) is 12.1. The van der Waals surface area contributed by atoms with E-state index in [2.05, 4.69) is 15.3 Å². The fourth-order valence-electron chi connectivity index (χ4n) is 3.10. The van der Waals surface area contributed by atoms with Gasteiger partial charge in [-0.1, -0.05) is 11.6 Å². The second-order valence-corrected chi connectivity index (χ2v) is 6.87. The predicted octanol–water partition coefficient (Wildman–Crippen LogP) is 5.27. The molecule has 2 heterocycles. The van der Waals surface area contributed by atoms with Crippen LogP contribution in [0.2, 0.25) is 5.02 Å². The van der Waals surface area contributed by atoms with Gasteiger partial charge in [0.25, 0.3) is 0 Å². The maximum Gasteiger partial charge on any atom is 0.416 e. The van der Waals surface area contributed by atoms with Crippen molar-refractivity contribution in [1.29, 1.82) is 0 Å². The molecule has 4 rings (SSSR count). The maximum atomic E-state index is 14.6. The van der Waals surface area contributed by atoms with Gasteiger partial charge in [0, 0.05) is 36.2 Å². The molecular weight excluding hydrogens is 398 g/mol. The van der Waals surface area contributed by atoms with Crippen LogP contribution in [0.1, 0.15) is 5.56 Å². The SMILES string of the molecule is CN(C)n1c(Nc2c[nH]c3ccc(Cl)cc23)nc2cc(C(F)(F)F)cc(F)c21. The first-order chi connectivity index (χ1) is 13.1. The van der Waals surface area contributed by atoms with Crippen LogP contribution in [-0.2, 0) is 6.18 Å². The summed E-state index contributed by atoms with van der Waals surface area (Å²) in [7, 11) is 3.27. The predicted molar refractivity (Wildman–Crippen MR) is 101 cm³/mol. The molecule has 0 aliphatic rings. The van der Waals surface area contributed by atoms with E-state index < -0.39 is 17.6 Å². The largest absolute Gasteiger partial charge is 0.416 e. The second-order valence-electron chi connectivity index (χ2n) is 6.44. The Morgan fingerprint density at radius 1 is 1.18 bits per heavy atom. The summed E-state index contributed by atoms with van der Waals surface area (Å²) in [6.07, 6.45) is -2.99. The number of benzene rings is 2. The number of nitrogens with one attached hydrogen (secondary N) is 2. The molecular formula is C18H14ClF4N5. The summed E-state index contributed by atoms with van der Waals surface area (Å²) in [4.78, 5) is 7.26. The molecule has 0 unspecified atom stereocenters. The number of H-pyrrole nitrogens is 1. The molecule has 0 saturated carbocycles. The van der Waals surface area contributed by atoms with Crippen molar-refractivity contribution >= 4 is 45.2 Å². The van der Waals surface area contributed by atoms with E-state index in [1.165, 1.54) is 9.69 Å². The van der Waals surface area contributed by atoms with E-state index in [-0.39, 0.29) is 17.0 Å². The molecule has 4 aromatic rings. The monoisotopic (exact) mass is 411 g/mol. The average molecular weight is 412 g/mol. The molecule has 0 spiro atoms. The minimum Gasteiger partial charge on any atom is -0.359 e. The van der Waals surface area contributed by atoms with E-state index in [9.17, 15) is 17.6 Å². The first-order valence-electron chi connectivity index (χ1n) is 8.15. The third kappa shape index (κ3) is 3.01. The van der Waals surface area contributed by atoms with E-state index in [4.69, 9.17) is 11.6 Å². The number of alkyl halides is 3. The third-order valence-corrected chi connectivity index (χ3v) is 4.53. The Labute approximate surface area is 161 Å². The number of hydrogen-bond acceptors (Lipinski definition) is 3. The van der Waals surface area contributed by atoms with Gasteiger partial charge in [0.05, 0.1) is 16.8 Å². The van der Waals surface area contributed by atoms with Crippen molar-refractivity contribution in [2.45, 2.75) is 6.18 Å². The number of fused-ring (bicyclic) bond motifs is 2. The van der Waals surface area contributed by atoms with Gasteiger partial charge in [-0.3, -0.25) is 0 Å². The van der Waals surface area contributed by atoms with Crippen LogP contribution in [0.4, 0.5) is 29.2 Å². The van der Waals surface area contributed by atoms with Crippen molar-refractivity contribution in [2.24, 2.45) is 0 Å². The van der Waals surface area contributed by atoms with Crippen LogP contribution in [-0.4, -0.2) is 28.7 Å². The highest BCUT2D eigenvalue weighted by Gasteiger charge is 2.33. The summed E-state index contributed by atoms with van der Waals surface area (Å²) in [5.41, 5.74) is 0.156. The molecule has 28 heavy (non-hydrogen) atoms. The topological polar surface area (TPSA) is 48.9 Å². The highest BCUT2D eigenvalue weighted by Crippen LogP contribution is 2.35. The van der Waals surface area contributed by atoms with Crippen molar-refractivity contribution in [1.82, 2.24) is 14.6 Å². The van der Waals surface area contributed by atoms with Crippen molar-refractivity contribution in [3.05, 3.63) is 52.9 Å². The number of anilines is 2. The number of hydrogen-bond donors (Lipinski definition) is 2. The van der Waals surface area contributed by atoms with Crippen LogP contribution >= 0.6 is 11.6 Å². The molecule has 2 N–H and O–H groups in total. The number of rotatable bonds is 3. The number of aromatic nitrogens is 3. The fourth-order valence-corrected chi connectivity index (χ4v) is 3.27. The molecule has 0 aliphatic heterocycles. The quantitative estimate of drug-likeness (QED) is 0.451. The number of imidazole rings is 1. The first kappa shape index (κ1) is 18.4. The van der Waals surface area contributed by atoms with Crippen LogP contribution in [0.3, 0.4) is 0 Å². The Hall–Kier alpha value is -2.94. The highest BCUT2D eigenvalue weighted by atomic mass is 35.5. The zero-order valence-corrected chi connectivity index (χ0v) is 15.5. The van der Waals surface area contributed by atoms with Gasteiger partial charge in [-0.15, -0.1) is 0 Å². The second kappa shape index (κ2) is 6.30. The van der Waals surface area contributed by atoms with Gasteiger partial charge in [-0.25, -0.2) is 14.1 Å². The Bertz CT molecular complexity index is 1190. The van der Waals surface area contributed by atoms with Crippen molar-refractivity contribution < 1.29 is 17.6 Å². The minimum atomic E-state index is -4.67. The molecule has 0 bridgehead atoms. The van der Waals surface area contributed by atoms with Crippen molar-refractivity contribution in [3.63, 3.8) is 0 Å². The zero-order valence-electron chi connectivity index (χ0n) is 14.7.